The SMILES string of the molecule is CCNC(=O)CN1CCCC1CCCO. The highest BCUT2D eigenvalue weighted by atomic mass is 16.2. The number of nitrogens with zero attached hydrogens (tertiary/aromatic N) is 1. The van der Waals surface area contributed by atoms with Crippen LogP contribution in [-0.2, 0) is 4.79 Å². The minimum absolute atomic E-state index is 0.119. The number of hydrogen-bond donors (Lipinski definition) is 2. The van der Waals surface area contributed by atoms with E-state index in [9.17, 15) is 4.79 Å². The van der Waals surface area contributed by atoms with Crippen molar-refractivity contribution in [3.63, 3.8) is 0 Å². The van der Waals surface area contributed by atoms with Crippen LogP contribution in [0.15, 0.2) is 0 Å². The van der Waals surface area contributed by atoms with Gasteiger partial charge in [0, 0.05) is 19.2 Å². The van der Waals surface area contributed by atoms with Gasteiger partial charge in [0.25, 0.3) is 0 Å². The van der Waals surface area contributed by atoms with Gasteiger partial charge < -0.3 is 10.4 Å². The highest BCUT2D eigenvalue weighted by molar-refractivity contribution is 5.78. The number of aliphatic hydroxyl groups is 1. The van der Waals surface area contributed by atoms with Gasteiger partial charge in [0.2, 0.25) is 5.91 Å². The summed E-state index contributed by atoms with van der Waals surface area (Å²) in [6.45, 7) is 4.43. The number of likely N-dealkylation sites (N-methyl/N-ethyl adjacent to an activating group) is 1. The fourth-order valence-electron chi connectivity index (χ4n) is 2.19. The largest absolute Gasteiger partial charge is 0.396 e. The Morgan fingerprint density at radius 2 is 2.40 bits per heavy atom. The van der Waals surface area contributed by atoms with Crippen LogP contribution < -0.4 is 5.32 Å². The number of nitrogens with one attached hydrogen (secondary N) is 1. The van der Waals surface area contributed by atoms with Gasteiger partial charge in [0.15, 0.2) is 0 Å². The first-order valence-corrected chi connectivity index (χ1v) is 5.89. The van der Waals surface area contributed by atoms with Crippen LogP contribution in [0, 0.1) is 0 Å². The summed E-state index contributed by atoms with van der Waals surface area (Å²) in [5.74, 6) is 0.119. The van der Waals surface area contributed by atoms with Crippen molar-refractivity contribution >= 4 is 5.91 Å². The maximum Gasteiger partial charge on any atom is 0.234 e. The Hall–Kier alpha value is -0.610. The molecule has 0 saturated carbocycles. The Labute approximate surface area is 91.6 Å². The molecule has 1 atom stereocenters. The number of carbonyl (C=O) groups excluding carboxylic acids is 1. The van der Waals surface area contributed by atoms with E-state index in [1.807, 2.05) is 6.92 Å². The molecule has 0 aromatic rings. The molecule has 0 spiro atoms. The molecule has 4 nitrogen and oxygen atoms in total. The molecule has 4 heteroatoms. The normalized spacial score (nSPS) is 21.9. The molecule has 0 aromatic heterocycles. The van der Waals surface area contributed by atoms with Gasteiger partial charge in [-0.25, -0.2) is 0 Å². The van der Waals surface area contributed by atoms with Gasteiger partial charge in [-0.05, 0) is 39.2 Å². The molecule has 1 unspecified atom stereocenters. The van der Waals surface area contributed by atoms with Crippen LogP contribution in [0.4, 0.5) is 0 Å². The van der Waals surface area contributed by atoms with Crippen LogP contribution in [-0.4, -0.2) is 48.2 Å². The second-order valence-electron chi connectivity index (χ2n) is 4.09. The highest BCUT2D eigenvalue weighted by Gasteiger charge is 2.25. The van der Waals surface area contributed by atoms with Crippen molar-refractivity contribution in [1.29, 1.82) is 0 Å². The smallest absolute Gasteiger partial charge is 0.234 e. The third kappa shape index (κ3) is 4.18. The van der Waals surface area contributed by atoms with Crippen LogP contribution in [0.25, 0.3) is 0 Å². The Bertz CT molecular complexity index is 197. The second-order valence-corrected chi connectivity index (χ2v) is 4.09. The minimum Gasteiger partial charge on any atom is -0.396 e. The Kier molecular flexibility index (Phi) is 5.65. The van der Waals surface area contributed by atoms with Crippen molar-refractivity contribution in [2.45, 2.75) is 38.6 Å². The van der Waals surface area contributed by atoms with E-state index in [0.29, 0.717) is 19.1 Å². The van der Waals surface area contributed by atoms with Crippen molar-refractivity contribution in [2.24, 2.45) is 0 Å². The monoisotopic (exact) mass is 214 g/mol. The van der Waals surface area contributed by atoms with Crippen LogP contribution in [0.1, 0.15) is 32.6 Å². The summed E-state index contributed by atoms with van der Waals surface area (Å²) in [7, 11) is 0. The number of carbonyl (C=O) groups is 1. The van der Waals surface area contributed by atoms with Gasteiger partial charge in [-0.1, -0.05) is 0 Å². The van der Waals surface area contributed by atoms with Crippen LogP contribution in [0.3, 0.4) is 0 Å². The average Bonchev–Trinajstić information content (AvgIpc) is 2.63. The van der Waals surface area contributed by atoms with E-state index in [2.05, 4.69) is 10.2 Å². The van der Waals surface area contributed by atoms with Gasteiger partial charge in [-0.2, -0.15) is 0 Å². The lowest BCUT2D eigenvalue weighted by Crippen LogP contribution is -2.39. The van der Waals surface area contributed by atoms with Gasteiger partial charge in [0.05, 0.1) is 6.54 Å². The maximum atomic E-state index is 11.4. The zero-order chi connectivity index (χ0) is 11.1. The standard InChI is InChI=1S/C11H22N2O2/c1-2-12-11(15)9-13-7-3-5-10(13)6-4-8-14/h10,14H,2-9H2,1H3,(H,12,15). The molecular weight excluding hydrogens is 192 g/mol. The topological polar surface area (TPSA) is 52.6 Å². The molecule has 0 radical (unpaired) electrons. The summed E-state index contributed by atoms with van der Waals surface area (Å²) in [5, 5.41) is 11.6. The molecule has 1 saturated heterocycles. The van der Waals surface area contributed by atoms with Gasteiger partial charge >= 0.3 is 0 Å². The summed E-state index contributed by atoms with van der Waals surface area (Å²) >= 11 is 0. The van der Waals surface area contributed by atoms with Gasteiger partial charge in [0.1, 0.15) is 0 Å². The van der Waals surface area contributed by atoms with E-state index in [4.69, 9.17) is 5.11 Å². The number of aliphatic hydroxyl groups excluding tert-OH is 1. The lowest BCUT2D eigenvalue weighted by Gasteiger charge is -2.23. The molecule has 15 heavy (non-hydrogen) atoms. The first-order chi connectivity index (χ1) is 7.27. The van der Waals surface area contributed by atoms with Crippen LogP contribution in [0.2, 0.25) is 0 Å². The van der Waals surface area contributed by atoms with E-state index >= 15 is 0 Å². The lowest BCUT2D eigenvalue weighted by atomic mass is 10.1. The molecule has 1 aliphatic rings. The fourth-order valence-corrected chi connectivity index (χ4v) is 2.19. The zero-order valence-electron chi connectivity index (χ0n) is 9.54. The second kappa shape index (κ2) is 6.80. The molecule has 0 bridgehead atoms. The van der Waals surface area contributed by atoms with Crippen molar-refractivity contribution in [2.75, 3.05) is 26.2 Å². The van der Waals surface area contributed by atoms with E-state index in [1.165, 1.54) is 12.8 Å². The molecule has 88 valence electrons. The molecule has 1 fully saturated rings. The van der Waals surface area contributed by atoms with E-state index < -0.39 is 0 Å². The van der Waals surface area contributed by atoms with Crippen molar-refractivity contribution in [3.8, 4) is 0 Å². The molecule has 1 heterocycles. The molecule has 1 amide bonds. The first-order valence-electron chi connectivity index (χ1n) is 5.89. The molecular formula is C11H22N2O2. The zero-order valence-corrected chi connectivity index (χ0v) is 9.54. The fraction of sp³-hybridized carbons (Fsp3) is 0.909. The van der Waals surface area contributed by atoms with Crippen molar-refractivity contribution in [3.05, 3.63) is 0 Å². The number of rotatable bonds is 6. The average molecular weight is 214 g/mol. The molecule has 0 aliphatic carbocycles. The summed E-state index contributed by atoms with van der Waals surface area (Å²) in [6, 6.07) is 0.500. The van der Waals surface area contributed by atoms with Crippen molar-refractivity contribution < 1.29 is 9.90 Å². The number of amides is 1. The quantitative estimate of drug-likeness (QED) is 0.671. The third-order valence-corrected chi connectivity index (χ3v) is 2.92. The summed E-state index contributed by atoms with van der Waals surface area (Å²) in [5.41, 5.74) is 0. The molecule has 2 N–H and O–H groups in total. The number of likely N-dealkylation sites (tertiary alicyclic amines) is 1. The predicted octanol–water partition coefficient (Wildman–Crippen LogP) is 0.359. The Morgan fingerprint density at radius 3 is 3.07 bits per heavy atom. The Balaban J connectivity index is 2.29. The first kappa shape index (κ1) is 12.5. The summed E-state index contributed by atoms with van der Waals surface area (Å²) < 4.78 is 0. The lowest BCUT2D eigenvalue weighted by molar-refractivity contribution is -0.122. The summed E-state index contributed by atoms with van der Waals surface area (Å²) in [4.78, 5) is 13.7. The van der Waals surface area contributed by atoms with Crippen LogP contribution in [0.5, 0.6) is 0 Å². The highest BCUT2D eigenvalue weighted by Crippen LogP contribution is 2.20. The van der Waals surface area contributed by atoms with E-state index in [1.54, 1.807) is 0 Å². The predicted molar refractivity (Wildman–Crippen MR) is 59.6 cm³/mol. The summed E-state index contributed by atoms with van der Waals surface area (Å²) in [6.07, 6.45) is 4.20. The number of hydrogen-bond acceptors (Lipinski definition) is 3. The molecule has 0 aromatic carbocycles. The van der Waals surface area contributed by atoms with Gasteiger partial charge in [-0.15, -0.1) is 0 Å². The van der Waals surface area contributed by atoms with Crippen molar-refractivity contribution in [1.82, 2.24) is 10.2 Å². The minimum atomic E-state index is 0.119. The molecule has 1 aliphatic heterocycles. The van der Waals surface area contributed by atoms with Crippen LogP contribution >= 0.6 is 0 Å². The van der Waals surface area contributed by atoms with Gasteiger partial charge in [-0.3, -0.25) is 9.69 Å². The van der Waals surface area contributed by atoms with E-state index in [-0.39, 0.29) is 12.5 Å². The molecule has 1 rings (SSSR count). The third-order valence-electron chi connectivity index (χ3n) is 2.92. The Morgan fingerprint density at radius 1 is 1.60 bits per heavy atom. The van der Waals surface area contributed by atoms with E-state index in [0.717, 1.165) is 19.4 Å². The maximum absolute atomic E-state index is 11.4.